The number of pyridine rings is 1. The van der Waals surface area contributed by atoms with Gasteiger partial charge in [-0.3, -0.25) is 14.6 Å². The van der Waals surface area contributed by atoms with Crippen molar-refractivity contribution in [1.82, 2.24) is 9.88 Å². The normalized spacial score (nSPS) is 14.5. The van der Waals surface area contributed by atoms with E-state index in [4.69, 9.17) is 0 Å². The van der Waals surface area contributed by atoms with Crippen LogP contribution >= 0.6 is 0 Å². The number of amides is 2. The number of nitrogens with one attached hydrogen (secondary N) is 1. The third-order valence-electron chi connectivity index (χ3n) is 5.71. The molecule has 0 atom stereocenters. The van der Waals surface area contributed by atoms with Crippen LogP contribution in [0.1, 0.15) is 52.8 Å². The average molecular weight is 387 g/mol. The van der Waals surface area contributed by atoms with Gasteiger partial charge < -0.3 is 10.2 Å². The van der Waals surface area contributed by atoms with Gasteiger partial charge in [0, 0.05) is 35.9 Å². The molecule has 5 nitrogen and oxygen atoms in total. The Morgan fingerprint density at radius 1 is 0.966 bits per heavy atom. The number of hydrogen-bond acceptors (Lipinski definition) is 3. The standard InChI is InChI=1S/C24H25N3O2/c1-27(20-9-3-2-4-10-20)24(29)18-12-14-19(15-13-18)26-23(28)21-11-5-7-17-8-6-16-25-22(17)21/h5-8,11-16,20H,2-4,9-10H2,1H3,(H,26,28). The molecule has 2 aromatic carbocycles. The van der Waals surface area contributed by atoms with Crippen molar-refractivity contribution >= 4 is 28.4 Å². The van der Waals surface area contributed by atoms with Gasteiger partial charge in [-0.15, -0.1) is 0 Å². The molecule has 1 saturated carbocycles. The Labute approximate surface area is 170 Å². The third-order valence-corrected chi connectivity index (χ3v) is 5.71. The van der Waals surface area contributed by atoms with Crippen molar-refractivity contribution in [2.75, 3.05) is 12.4 Å². The fraction of sp³-hybridized carbons (Fsp3) is 0.292. The zero-order valence-corrected chi connectivity index (χ0v) is 16.6. The molecule has 1 fully saturated rings. The summed E-state index contributed by atoms with van der Waals surface area (Å²) >= 11 is 0. The molecule has 29 heavy (non-hydrogen) atoms. The Morgan fingerprint density at radius 2 is 1.69 bits per heavy atom. The van der Waals surface area contributed by atoms with E-state index in [9.17, 15) is 9.59 Å². The summed E-state index contributed by atoms with van der Waals surface area (Å²) in [6, 6.07) is 16.8. The largest absolute Gasteiger partial charge is 0.339 e. The first-order chi connectivity index (χ1) is 14.1. The number of benzene rings is 2. The van der Waals surface area contributed by atoms with E-state index in [1.807, 2.05) is 36.2 Å². The number of para-hydroxylation sites is 1. The maximum Gasteiger partial charge on any atom is 0.257 e. The molecule has 1 N–H and O–H groups in total. The lowest BCUT2D eigenvalue weighted by Crippen LogP contribution is -2.38. The van der Waals surface area contributed by atoms with Crippen molar-refractivity contribution in [3.05, 3.63) is 71.9 Å². The van der Waals surface area contributed by atoms with Gasteiger partial charge >= 0.3 is 0 Å². The van der Waals surface area contributed by atoms with Crippen LogP contribution in [0.5, 0.6) is 0 Å². The number of hydrogen-bond donors (Lipinski definition) is 1. The van der Waals surface area contributed by atoms with Gasteiger partial charge in [0.15, 0.2) is 0 Å². The van der Waals surface area contributed by atoms with Gasteiger partial charge in [0.1, 0.15) is 0 Å². The molecule has 0 bridgehead atoms. The highest BCUT2D eigenvalue weighted by Gasteiger charge is 2.23. The summed E-state index contributed by atoms with van der Waals surface area (Å²) in [4.78, 5) is 31.7. The lowest BCUT2D eigenvalue weighted by atomic mass is 9.94. The van der Waals surface area contributed by atoms with E-state index >= 15 is 0 Å². The Bertz CT molecular complexity index is 1020. The molecular formula is C24H25N3O2. The first kappa shape index (κ1) is 19.1. The quantitative estimate of drug-likeness (QED) is 0.693. The van der Waals surface area contributed by atoms with Crippen molar-refractivity contribution in [2.45, 2.75) is 38.1 Å². The zero-order valence-electron chi connectivity index (χ0n) is 16.6. The highest BCUT2D eigenvalue weighted by molar-refractivity contribution is 6.11. The lowest BCUT2D eigenvalue weighted by Gasteiger charge is -2.31. The molecule has 148 valence electrons. The Morgan fingerprint density at radius 3 is 2.45 bits per heavy atom. The van der Waals surface area contributed by atoms with Crippen molar-refractivity contribution in [1.29, 1.82) is 0 Å². The summed E-state index contributed by atoms with van der Waals surface area (Å²) in [7, 11) is 1.89. The number of fused-ring (bicyclic) bond motifs is 1. The summed E-state index contributed by atoms with van der Waals surface area (Å²) in [6.45, 7) is 0. The second-order valence-corrected chi connectivity index (χ2v) is 7.62. The van der Waals surface area contributed by atoms with E-state index in [0.717, 1.165) is 18.2 Å². The molecule has 0 aliphatic heterocycles. The van der Waals surface area contributed by atoms with E-state index in [-0.39, 0.29) is 11.8 Å². The fourth-order valence-electron chi connectivity index (χ4n) is 4.02. The highest BCUT2D eigenvalue weighted by atomic mass is 16.2. The van der Waals surface area contributed by atoms with Crippen molar-refractivity contribution in [3.8, 4) is 0 Å². The minimum absolute atomic E-state index is 0.0352. The first-order valence-corrected chi connectivity index (χ1v) is 10.2. The highest BCUT2D eigenvalue weighted by Crippen LogP contribution is 2.23. The van der Waals surface area contributed by atoms with E-state index in [0.29, 0.717) is 28.4 Å². The van der Waals surface area contributed by atoms with Crippen molar-refractivity contribution in [3.63, 3.8) is 0 Å². The van der Waals surface area contributed by atoms with E-state index in [1.165, 1.54) is 19.3 Å². The van der Waals surface area contributed by atoms with Gasteiger partial charge in [-0.2, -0.15) is 0 Å². The SMILES string of the molecule is CN(C(=O)c1ccc(NC(=O)c2cccc3cccnc23)cc1)C1CCCCC1. The second-order valence-electron chi connectivity index (χ2n) is 7.62. The maximum absolute atomic E-state index is 12.8. The number of aromatic nitrogens is 1. The van der Waals surface area contributed by atoms with Gasteiger partial charge in [0.2, 0.25) is 0 Å². The molecular weight excluding hydrogens is 362 g/mol. The summed E-state index contributed by atoms with van der Waals surface area (Å²) in [6.07, 6.45) is 7.49. The van der Waals surface area contributed by atoms with Gasteiger partial charge in [-0.05, 0) is 49.2 Å². The molecule has 1 aliphatic carbocycles. The molecule has 1 aliphatic rings. The predicted molar refractivity (Wildman–Crippen MR) is 115 cm³/mol. The van der Waals surface area contributed by atoms with Crippen LogP contribution < -0.4 is 5.32 Å². The van der Waals surface area contributed by atoms with Crippen molar-refractivity contribution in [2.24, 2.45) is 0 Å². The van der Waals surface area contributed by atoms with Crippen LogP contribution in [0.4, 0.5) is 5.69 Å². The van der Waals surface area contributed by atoms with Crippen molar-refractivity contribution < 1.29 is 9.59 Å². The zero-order chi connectivity index (χ0) is 20.2. The maximum atomic E-state index is 12.8. The third kappa shape index (κ3) is 4.14. The number of carbonyl (C=O) groups is 2. The first-order valence-electron chi connectivity index (χ1n) is 10.2. The van der Waals surface area contributed by atoms with Crippen LogP contribution in [0.15, 0.2) is 60.8 Å². The van der Waals surface area contributed by atoms with Crippen LogP contribution in [-0.4, -0.2) is 34.8 Å². The minimum atomic E-state index is -0.215. The van der Waals surface area contributed by atoms with Crippen LogP contribution in [0, 0.1) is 0 Å². The summed E-state index contributed by atoms with van der Waals surface area (Å²) in [5, 5.41) is 3.83. The van der Waals surface area contributed by atoms with Gasteiger partial charge in [-0.25, -0.2) is 0 Å². The topological polar surface area (TPSA) is 62.3 Å². The van der Waals surface area contributed by atoms with Crippen LogP contribution in [0.2, 0.25) is 0 Å². The van der Waals surface area contributed by atoms with Gasteiger partial charge in [0.25, 0.3) is 11.8 Å². The number of rotatable bonds is 4. The molecule has 5 heteroatoms. The fourth-order valence-corrected chi connectivity index (χ4v) is 4.02. The molecule has 0 radical (unpaired) electrons. The second kappa shape index (κ2) is 8.43. The van der Waals surface area contributed by atoms with Gasteiger partial charge in [-0.1, -0.05) is 37.5 Å². The van der Waals surface area contributed by atoms with Crippen LogP contribution in [0.3, 0.4) is 0 Å². The Balaban J connectivity index is 1.46. The Kier molecular flexibility index (Phi) is 5.56. The summed E-state index contributed by atoms with van der Waals surface area (Å²) in [5.74, 6) is -0.180. The smallest absolute Gasteiger partial charge is 0.257 e. The molecule has 0 saturated heterocycles. The molecule has 3 aromatic rings. The molecule has 0 spiro atoms. The average Bonchev–Trinajstić information content (AvgIpc) is 2.78. The minimum Gasteiger partial charge on any atom is -0.339 e. The van der Waals surface area contributed by atoms with Crippen LogP contribution in [-0.2, 0) is 0 Å². The van der Waals surface area contributed by atoms with Gasteiger partial charge in [0.05, 0.1) is 11.1 Å². The summed E-state index contributed by atoms with van der Waals surface area (Å²) < 4.78 is 0. The van der Waals surface area contributed by atoms with E-state index < -0.39 is 0 Å². The lowest BCUT2D eigenvalue weighted by molar-refractivity contribution is 0.0696. The number of nitrogens with zero attached hydrogens (tertiary/aromatic N) is 2. The molecule has 2 amide bonds. The molecule has 1 aromatic heterocycles. The predicted octanol–water partition coefficient (Wildman–Crippen LogP) is 4.89. The van der Waals surface area contributed by atoms with E-state index in [1.54, 1.807) is 36.5 Å². The number of carbonyl (C=O) groups excluding carboxylic acids is 2. The summed E-state index contributed by atoms with van der Waals surface area (Å²) in [5.41, 5.74) is 2.50. The Hall–Kier alpha value is -3.21. The van der Waals surface area contributed by atoms with E-state index in [2.05, 4.69) is 10.3 Å². The monoisotopic (exact) mass is 387 g/mol. The van der Waals surface area contributed by atoms with Crippen LogP contribution in [0.25, 0.3) is 10.9 Å². The number of anilines is 1. The molecule has 0 unspecified atom stereocenters. The molecule has 1 heterocycles. The molecule has 4 rings (SSSR count).